The lowest BCUT2D eigenvalue weighted by Gasteiger charge is -2.39. The first-order valence-corrected chi connectivity index (χ1v) is 8.60. The number of hydrogen-bond donors (Lipinski definition) is 0. The predicted molar refractivity (Wildman–Crippen MR) is 83.1 cm³/mol. The SMILES string of the molecule is CC[C@H]1c2ccsc2CCN1C(=O)[C@H]1CCN(C)C(=O)C1. The van der Waals surface area contributed by atoms with Gasteiger partial charge in [-0.15, -0.1) is 11.3 Å². The Balaban J connectivity index is 1.77. The minimum absolute atomic E-state index is 0.0980. The second kappa shape index (κ2) is 5.79. The molecule has 1 saturated heterocycles. The molecule has 114 valence electrons. The van der Waals surface area contributed by atoms with Gasteiger partial charge in [-0.1, -0.05) is 6.92 Å². The molecule has 0 N–H and O–H groups in total. The smallest absolute Gasteiger partial charge is 0.226 e. The topological polar surface area (TPSA) is 40.6 Å². The maximum Gasteiger partial charge on any atom is 0.226 e. The summed E-state index contributed by atoms with van der Waals surface area (Å²) in [6.45, 7) is 3.63. The maximum absolute atomic E-state index is 12.9. The van der Waals surface area contributed by atoms with Crippen LogP contribution >= 0.6 is 11.3 Å². The molecule has 1 aromatic rings. The van der Waals surface area contributed by atoms with Gasteiger partial charge in [0.2, 0.25) is 11.8 Å². The van der Waals surface area contributed by atoms with Gasteiger partial charge in [0.15, 0.2) is 0 Å². The Kier molecular flexibility index (Phi) is 4.02. The minimum Gasteiger partial charge on any atom is -0.346 e. The largest absolute Gasteiger partial charge is 0.346 e. The van der Waals surface area contributed by atoms with E-state index >= 15 is 0 Å². The predicted octanol–water partition coefficient (Wildman–Crippen LogP) is 2.45. The quantitative estimate of drug-likeness (QED) is 0.842. The summed E-state index contributed by atoms with van der Waals surface area (Å²) >= 11 is 1.80. The first kappa shape index (κ1) is 14.6. The van der Waals surface area contributed by atoms with E-state index in [-0.39, 0.29) is 23.8 Å². The van der Waals surface area contributed by atoms with Crippen LogP contribution in [0.5, 0.6) is 0 Å². The molecule has 21 heavy (non-hydrogen) atoms. The third-order valence-electron chi connectivity index (χ3n) is 4.77. The van der Waals surface area contributed by atoms with Crippen molar-refractivity contribution >= 4 is 23.2 Å². The van der Waals surface area contributed by atoms with Crippen LogP contribution < -0.4 is 0 Å². The highest BCUT2D eigenvalue weighted by atomic mass is 32.1. The maximum atomic E-state index is 12.9. The van der Waals surface area contributed by atoms with Gasteiger partial charge in [-0.3, -0.25) is 9.59 Å². The van der Waals surface area contributed by atoms with Gasteiger partial charge in [0.25, 0.3) is 0 Å². The number of carbonyl (C=O) groups is 2. The van der Waals surface area contributed by atoms with Crippen LogP contribution in [0.3, 0.4) is 0 Å². The number of nitrogens with zero attached hydrogens (tertiary/aromatic N) is 2. The first-order valence-electron chi connectivity index (χ1n) is 7.72. The number of carbonyl (C=O) groups excluding carboxylic acids is 2. The molecule has 0 radical (unpaired) electrons. The normalized spacial score (nSPS) is 25.9. The molecule has 2 aliphatic rings. The Hall–Kier alpha value is -1.36. The van der Waals surface area contributed by atoms with E-state index in [1.807, 2.05) is 11.9 Å². The van der Waals surface area contributed by atoms with Gasteiger partial charge in [-0.25, -0.2) is 0 Å². The number of thiophene rings is 1. The molecule has 0 aromatic carbocycles. The van der Waals surface area contributed by atoms with Crippen molar-refractivity contribution < 1.29 is 9.59 Å². The lowest BCUT2D eigenvalue weighted by molar-refractivity contribution is -0.146. The average Bonchev–Trinajstić information content (AvgIpc) is 2.96. The van der Waals surface area contributed by atoms with Crippen LogP contribution in [0, 0.1) is 5.92 Å². The van der Waals surface area contributed by atoms with Gasteiger partial charge in [0.05, 0.1) is 6.04 Å². The van der Waals surface area contributed by atoms with Crippen molar-refractivity contribution in [2.75, 3.05) is 20.1 Å². The van der Waals surface area contributed by atoms with E-state index in [0.29, 0.717) is 13.0 Å². The average molecular weight is 306 g/mol. The molecule has 3 rings (SSSR count). The van der Waals surface area contributed by atoms with Gasteiger partial charge in [0.1, 0.15) is 0 Å². The molecule has 1 aromatic heterocycles. The third-order valence-corrected chi connectivity index (χ3v) is 5.77. The Morgan fingerprint density at radius 1 is 1.43 bits per heavy atom. The van der Waals surface area contributed by atoms with Crippen LogP contribution in [-0.4, -0.2) is 41.8 Å². The molecule has 0 bridgehead atoms. The Morgan fingerprint density at radius 2 is 2.24 bits per heavy atom. The molecular formula is C16H22N2O2S. The first-order chi connectivity index (χ1) is 10.1. The van der Waals surface area contributed by atoms with Crippen molar-refractivity contribution in [3.05, 3.63) is 21.9 Å². The van der Waals surface area contributed by atoms with E-state index in [4.69, 9.17) is 0 Å². The zero-order chi connectivity index (χ0) is 15.0. The van der Waals surface area contributed by atoms with Crippen LogP contribution in [-0.2, 0) is 16.0 Å². The van der Waals surface area contributed by atoms with Crippen molar-refractivity contribution in [2.45, 2.75) is 38.6 Å². The zero-order valence-electron chi connectivity index (χ0n) is 12.7. The molecule has 2 aliphatic heterocycles. The third kappa shape index (κ3) is 2.59. The summed E-state index contributed by atoms with van der Waals surface area (Å²) in [7, 11) is 1.82. The lowest BCUT2D eigenvalue weighted by atomic mass is 9.91. The number of rotatable bonds is 2. The van der Waals surface area contributed by atoms with E-state index in [9.17, 15) is 9.59 Å². The van der Waals surface area contributed by atoms with E-state index < -0.39 is 0 Å². The number of likely N-dealkylation sites (tertiary alicyclic amines) is 1. The highest BCUT2D eigenvalue weighted by Crippen LogP contribution is 2.36. The van der Waals surface area contributed by atoms with E-state index in [0.717, 1.165) is 25.8 Å². The second-order valence-electron chi connectivity index (χ2n) is 6.01. The van der Waals surface area contributed by atoms with Crippen LogP contribution in [0.1, 0.15) is 42.7 Å². The number of fused-ring (bicyclic) bond motifs is 1. The van der Waals surface area contributed by atoms with Gasteiger partial charge >= 0.3 is 0 Å². The Labute approximate surface area is 129 Å². The van der Waals surface area contributed by atoms with E-state index in [1.165, 1.54) is 10.4 Å². The van der Waals surface area contributed by atoms with Crippen LogP contribution in [0.15, 0.2) is 11.4 Å². The minimum atomic E-state index is -0.122. The molecule has 2 atom stereocenters. The Morgan fingerprint density at radius 3 is 2.95 bits per heavy atom. The van der Waals surface area contributed by atoms with Crippen molar-refractivity contribution in [3.63, 3.8) is 0 Å². The van der Waals surface area contributed by atoms with Crippen molar-refractivity contribution in [1.29, 1.82) is 0 Å². The monoisotopic (exact) mass is 306 g/mol. The molecule has 0 spiro atoms. The molecule has 4 nitrogen and oxygen atoms in total. The highest BCUT2D eigenvalue weighted by Gasteiger charge is 2.36. The molecular weight excluding hydrogens is 284 g/mol. The molecule has 0 saturated carbocycles. The summed E-state index contributed by atoms with van der Waals surface area (Å²) in [5, 5.41) is 2.13. The summed E-state index contributed by atoms with van der Waals surface area (Å²) in [5.41, 5.74) is 1.32. The van der Waals surface area contributed by atoms with Crippen molar-refractivity contribution in [2.24, 2.45) is 5.92 Å². The molecule has 2 amide bonds. The molecule has 1 fully saturated rings. The fraction of sp³-hybridized carbons (Fsp3) is 0.625. The van der Waals surface area contributed by atoms with E-state index in [2.05, 4.69) is 18.4 Å². The van der Waals surface area contributed by atoms with Gasteiger partial charge in [-0.2, -0.15) is 0 Å². The van der Waals surface area contributed by atoms with Crippen LogP contribution in [0.25, 0.3) is 0 Å². The standard InChI is InChI=1S/C16H22N2O2S/c1-3-13-12-6-9-21-14(12)5-8-18(13)16(20)11-4-7-17(2)15(19)10-11/h6,9,11,13H,3-5,7-8,10H2,1-2H3/t11-,13-/m0/s1. The molecule has 3 heterocycles. The fourth-order valence-corrected chi connectivity index (χ4v) is 4.42. The van der Waals surface area contributed by atoms with Crippen LogP contribution in [0.4, 0.5) is 0 Å². The summed E-state index contributed by atoms with van der Waals surface area (Å²) in [4.78, 5) is 29.9. The molecule has 0 aliphatic carbocycles. The van der Waals surface area contributed by atoms with Crippen LogP contribution in [0.2, 0.25) is 0 Å². The Bertz CT molecular complexity index is 554. The fourth-order valence-electron chi connectivity index (χ4n) is 3.49. The summed E-state index contributed by atoms with van der Waals surface area (Å²) < 4.78 is 0. The summed E-state index contributed by atoms with van der Waals surface area (Å²) in [6.07, 6.45) is 3.06. The number of piperidine rings is 1. The summed E-state index contributed by atoms with van der Waals surface area (Å²) in [5.74, 6) is 0.156. The molecule has 0 unspecified atom stereocenters. The van der Waals surface area contributed by atoms with Gasteiger partial charge in [-0.05, 0) is 36.3 Å². The van der Waals surface area contributed by atoms with Crippen molar-refractivity contribution in [1.82, 2.24) is 9.80 Å². The lowest BCUT2D eigenvalue weighted by Crippen LogP contribution is -2.46. The number of hydrogen-bond acceptors (Lipinski definition) is 3. The zero-order valence-corrected chi connectivity index (χ0v) is 13.5. The number of amides is 2. The second-order valence-corrected chi connectivity index (χ2v) is 7.01. The van der Waals surface area contributed by atoms with Crippen molar-refractivity contribution in [3.8, 4) is 0 Å². The van der Waals surface area contributed by atoms with E-state index in [1.54, 1.807) is 16.2 Å². The van der Waals surface area contributed by atoms with Gasteiger partial charge < -0.3 is 9.80 Å². The van der Waals surface area contributed by atoms with Gasteiger partial charge in [0, 0.05) is 37.4 Å². The summed E-state index contributed by atoms with van der Waals surface area (Å²) in [6, 6.07) is 2.36. The highest BCUT2D eigenvalue weighted by molar-refractivity contribution is 7.10. The molecule has 5 heteroatoms.